The lowest BCUT2D eigenvalue weighted by atomic mass is 9.40. The summed E-state index contributed by atoms with van der Waals surface area (Å²) in [5.74, 6) is -7.09. The Hall–Kier alpha value is -3.82. The van der Waals surface area contributed by atoms with Crippen LogP contribution in [0.5, 0.6) is 0 Å². The molecule has 2 aliphatic carbocycles. The third kappa shape index (κ3) is 5.49. The summed E-state index contributed by atoms with van der Waals surface area (Å²) in [6, 6.07) is 0. The molecule has 282 valence electrons. The number of rotatable bonds is 8. The summed E-state index contributed by atoms with van der Waals surface area (Å²) in [7, 11) is 1.23. The van der Waals surface area contributed by atoms with Gasteiger partial charge >= 0.3 is 35.8 Å². The van der Waals surface area contributed by atoms with E-state index in [1.54, 1.807) is 34.6 Å². The maximum absolute atomic E-state index is 13.7. The van der Waals surface area contributed by atoms with Crippen LogP contribution in [0.4, 0.5) is 0 Å². The fourth-order valence-electron chi connectivity index (χ4n) is 9.67. The molecule has 13 atom stereocenters. The predicted molar refractivity (Wildman–Crippen MR) is 171 cm³/mol. The Morgan fingerprint density at radius 1 is 1.02 bits per heavy atom. The topological polar surface area (TPSA) is 207 Å². The standard InChI is InChI=1S/C36H48O15/c1-11-15(2)30(42)49-25-28(47-18(5)38)33(6,7)21(14-23(39)45-10)34(8)20-13-22(46-17(4)37)35(9)27(19-12-24(40)48-31(19)43)50-32(44)26(41)36(35,16(20)3)51-29(25)34/h12,15,20-22,24-29,40-41H,3,11,13-14H2,1-2,4-10H3/t15-,20+,21+,22+,24+,25+,26-,27+,28+,29+,34-,35+,36-/m1/s1. The van der Waals surface area contributed by atoms with Crippen LogP contribution in [0, 0.1) is 34.0 Å². The summed E-state index contributed by atoms with van der Waals surface area (Å²) in [4.78, 5) is 79.1. The number of methoxy groups -OCH3 is 1. The molecule has 0 unspecified atom stereocenters. The van der Waals surface area contributed by atoms with Crippen molar-refractivity contribution in [1.29, 1.82) is 0 Å². The van der Waals surface area contributed by atoms with Crippen molar-refractivity contribution in [2.45, 2.75) is 123 Å². The summed E-state index contributed by atoms with van der Waals surface area (Å²) in [6.07, 6.45) is -9.37. The first-order chi connectivity index (χ1) is 23.6. The molecule has 3 heterocycles. The SMILES string of the molecule is C=C1[C@@H]2C[C@H](OC(C)=O)[C@@]3(C)[C@H](C4=C[C@@H](O)OC4=O)OC(=O)[C@@H](O)[C@]13O[C@H]1[C@@H](OC(=O)[C@H](C)CC)[C@H](OC(C)=O)C(C)(C)[C@H](CC(=O)OC)[C@@]21C. The largest absolute Gasteiger partial charge is 0.469 e. The number of hydrogen-bond acceptors (Lipinski definition) is 15. The van der Waals surface area contributed by atoms with Crippen LogP contribution in [-0.2, 0) is 61.9 Å². The molecule has 4 fully saturated rings. The molecule has 3 aliphatic heterocycles. The van der Waals surface area contributed by atoms with Crippen LogP contribution in [0.25, 0.3) is 0 Å². The lowest BCUT2D eigenvalue weighted by Crippen LogP contribution is -2.83. The molecule has 15 heteroatoms. The van der Waals surface area contributed by atoms with Gasteiger partial charge in [0, 0.05) is 31.1 Å². The number of ether oxygens (including phenoxy) is 7. The highest BCUT2D eigenvalue weighted by Crippen LogP contribution is 2.72. The van der Waals surface area contributed by atoms with Crippen LogP contribution < -0.4 is 0 Å². The predicted octanol–water partition coefficient (Wildman–Crippen LogP) is 1.84. The molecule has 2 saturated carbocycles. The highest BCUT2D eigenvalue weighted by atomic mass is 16.6. The first-order valence-corrected chi connectivity index (χ1v) is 17.1. The Bertz CT molecular complexity index is 1560. The first kappa shape index (κ1) is 38.4. The van der Waals surface area contributed by atoms with Crippen LogP contribution in [0.1, 0.15) is 74.7 Å². The lowest BCUT2D eigenvalue weighted by molar-refractivity contribution is -0.365. The number of aliphatic hydroxyl groups is 2. The van der Waals surface area contributed by atoms with Crippen molar-refractivity contribution in [2.75, 3.05) is 7.11 Å². The van der Waals surface area contributed by atoms with E-state index in [1.807, 2.05) is 0 Å². The zero-order valence-corrected chi connectivity index (χ0v) is 30.4. The van der Waals surface area contributed by atoms with E-state index in [0.717, 1.165) is 6.08 Å². The molecule has 0 aromatic heterocycles. The van der Waals surface area contributed by atoms with Gasteiger partial charge in [0.05, 0.1) is 24.0 Å². The Kier molecular flexibility index (Phi) is 9.79. The van der Waals surface area contributed by atoms with Crippen molar-refractivity contribution in [1.82, 2.24) is 0 Å². The van der Waals surface area contributed by atoms with E-state index in [2.05, 4.69) is 6.58 Å². The molecule has 5 aliphatic rings. The number of carbonyl (C=O) groups excluding carboxylic acids is 6. The second-order valence-electron chi connectivity index (χ2n) is 15.4. The van der Waals surface area contributed by atoms with Gasteiger partial charge in [-0.15, -0.1) is 0 Å². The van der Waals surface area contributed by atoms with E-state index in [-0.39, 0.29) is 24.0 Å². The highest BCUT2D eigenvalue weighted by molar-refractivity contribution is 5.93. The molecule has 1 spiro atoms. The molecule has 0 amide bonds. The van der Waals surface area contributed by atoms with Gasteiger partial charge in [-0.1, -0.05) is 41.2 Å². The summed E-state index contributed by atoms with van der Waals surface area (Å²) >= 11 is 0. The van der Waals surface area contributed by atoms with Crippen LogP contribution >= 0.6 is 0 Å². The van der Waals surface area contributed by atoms with Crippen molar-refractivity contribution in [2.24, 2.45) is 34.0 Å². The van der Waals surface area contributed by atoms with Gasteiger partial charge in [-0.05, 0) is 43.3 Å². The number of cyclic esters (lactones) is 2. The van der Waals surface area contributed by atoms with E-state index in [0.29, 0.717) is 6.42 Å². The van der Waals surface area contributed by atoms with E-state index in [1.165, 1.54) is 27.9 Å². The fourth-order valence-corrected chi connectivity index (χ4v) is 9.67. The van der Waals surface area contributed by atoms with Gasteiger partial charge in [-0.2, -0.15) is 0 Å². The average Bonchev–Trinajstić information content (AvgIpc) is 3.39. The summed E-state index contributed by atoms with van der Waals surface area (Å²) in [5.41, 5.74) is -6.54. The molecule has 2 bridgehead atoms. The molecule has 51 heavy (non-hydrogen) atoms. The van der Waals surface area contributed by atoms with Gasteiger partial charge in [-0.3, -0.25) is 19.2 Å². The summed E-state index contributed by atoms with van der Waals surface area (Å²) in [5, 5.41) is 22.2. The third-order valence-electron chi connectivity index (χ3n) is 12.4. The minimum atomic E-state index is -2.21. The normalized spacial score (nSPS) is 41.4. The van der Waals surface area contributed by atoms with Gasteiger partial charge < -0.3 is 43.4 Å². The van der Waals surface area contributed by atoms with E-state index in [4.69, 9.17) is 33.2 Å². The van der Waals surface area contributed by atoms with E-state index >= 15 is 0 Å². The van der Waals surface area contributed by atoms with Crippen molar-refractivity contribution >= 4 is 35.8 Å². The molecule has 15 nitrogen and oxygen atoms in total. The van der Waals surface area contributed by atoms with Crippen molar-refractivity contribution < 1.29 is 72.1 Å². The molecule has 2 saturated heterocycles. The van der Waals surface area contributed by atoms with Crippen LogP contribution in [0.3, 0.4) is 0 Å². The number of carbonyl (C=O) groups is 6. The van der Waals surface area contributed by atoms with Gasteiger partial charge in [0.1, 0.15) is 30.0 Å². The molecule has 2 N–H and O–H groups in total. The van der Waals surface area contributed by atoms with Gasteiger partial charge in [0.15, 0.2) is 12.2 Å². The lowest BCUT2D eigenvalue weighted by Gasteiger charge is -2.73. The van der Waals surface area contributed by atoms with Crippen molar-refractivity contribution in [3.8, 4) is 0 Å². The summed E-state index contributed by atoms with van der Waals surface area (Å²) in [6.45, 7) is 17.1. The molecule has 0 aromatic carbocycles. The van der Waals surface area contributed by atoms with Crippen LogP contribution in [0.15, 0.2) is 23.8 Å². The zero-order valence-electron chi connectivity index (χ0n) is 30.4. The maximum Gasteiger partial charge on any atom is 0.340 e. The number of esters is 6. The van der Waals surface area contributed by atoms with E-state index < -0.39 is 118 Å². The van der Waals surface area contributed by atoms with Crippen LogP contribution in [-0.4, -0.2) is 102 Å². The smallest absolute Gasteiger partial charge is 0.340 e. The highest BCUT2D eigenvalue weighted by Gasteiger charge is 2.81. The minimum absolute atomic E-state index is 0.0450. The van der Waals surface area contributed by atoms with Gasteiger partial charge in [0.25, 0.3) is 0 Å². The zero-order chi connectivity index (χ0) is 38.2. The van der Waals surface area contributed by atoms with Crippen molar-refractivity contribution in [3.63, 3.8) is 0 Å². The van der Waals surface area contributed by atoms with Gasteiger partial charge in [-0.25, -0.2) is 9.59 Å². The number of hydrogen-bond donors (Lipinski definition) is 2. The Morgan fingerprint density at radius 2 is 1.65 bits per heavy atom. The number of fused-ring (bicyclic) bond motifs is 3. The van der Waals surface area contributed by atoms with E-state index in [9.17, 15) is 39.0 Å². The Balaban J connectivity index is 1.83. The molecule has 0 aromatic rings. The number of aliphatic hydroxyl groups excluding tert-OH is 2. The second-order valence-corrected chi connectivity index (χ2v) is 15.4. The maximum atomic E-state index is 13.7. The monoisotopic (exact) mass is 720 g/mol. The quantitative estimate of drug-likeness (QED) is 0.208. The molecule has 0 radical (unpaired) electrons. The average molecular weight is 721 g/mol. The fraction of sp³-hybridized carbons (Fsp3) is 0.722. The van der Waals surface area contributed by atoms with Crippen molar-refractivity contribution in [3.05, 3.63) is 23.8 Å². The van der Waals surface area contributed by atoms with Gasteiger partial charge in [0.2, 0.25) is 6.29 Å². The Morgan fingerprint density at radius 3 is 2.18 bits per heavy atom. The third-order valence-corrected chi connectivity index (χ3v) is 12.4. The molecule has 5 rings (SSSR count). The minimum Gasteiger partial charge on any atom is -0.469 e. The molecular weight excluding hydrogens is 672 g/mol. The second kappa shape index (κ2) is 13.0. The Labute approximate surface area is 295 Å². The van der Waals surface area contributed by atoms with Crippen LogP contribution in [0.2, 0.25) is 0 Å². The molecular formula is C36H48O15. The summed E-state index contributed by atoms with van der Waals surface area (Å²) < 4.78 is 41.0. The first-order valence-electron chi connectivity index (χ1n) is 17.1.